The molecule has 0 aromatic carbocycles. The van der Waals surface area contributed by atoms with E-state index in [1.54, 1.807) is 6.20 Å². The Bertz CT molecular complexity index is 695. The minimum Gasteiger partial charge on any atom is -0.477 e. The second kappa shape index (κ2) is 3.68. The van der Waals surface area contributed by atoms with Gasteiger partial charge in [0.2, 0.25) is 0 Å². The van der Waals surface area contributed by atoms with Gasteiger partial charge in [-0.1, -0.05) is 17.4 Å². The summed E-state index contributed by atoms with van der Waals surface area (Å²) >= 11 is 2.74. The first-order chi connectivity index (χ1) is 8.18. The number of rotatable bonds is 2. The summed E-state index contributed by atoms with van der Waals surface area (Å²) in [5.74, 6) is -0.900. The van der Waals surface area contributed by atoms with Gasteiger partial charge in [0, 0.05) is 11.9 Å². The number of carboxylic acids is 1. The summed E-state index contributed by atoms with van der Waals surface area (Å²) in [6.07, 6.45) is 1.76. The van der Waals surface area contributed by atoms with Crippen LogP contribution in [-0.2, 0) is 0 Å². The van der Waals surface area contributed by atoms with Crippen molar-refractivity contribution in [3.05, 3.63) is 34.3 Å². The zero-order chi connectivity index (χ0) is 12.0. The predicted octanol–water partition coefficient (Wildman–Crippen LogP) is 3.13. The number of aryl methyl sites for hydroxylation is 1. The fourth-order valence-corrected chi connectivity index (χ4v) is 3.61. The van der Waals surface area contributed by atoms with Crippen LogP contribution in [0.25, 0.3) is 15.5 Å². The van der Waals surface area contributed by atoms with Gasteiger partial charge >= 0.3 is 5.97 Å². The summed E-state index contributed by atoms with van der Waals surface area (Å²) in [5.41, 5.74) is 1.69. The Morgan fingerprint density at radius 3 is 3.00 bits per heavy atom. The van der Waals surface area contributed by atoms with Gasteiger partial charge in [0.15, 0.2) is 4.96 Å². The number of thiophene rings is 1. The van der Waals surface area contributed by atoms with E-state index in [9.17, 15) is 9.90 Å². The van der Waals surface area contributed by atoms with Crippen molar-refractivity contribution in [2.75, 3.05) is 0 Å². The Hall–Kier alpha value is -1.66. The van der Waals surface area contributed by atoms with Gasteiger partial charge in [0.1, 0.15) is 4.88 Å². The third-order valence-electron chi connectivity index (χ3n) is 2.49. The number of fused-ring (bicyclic) bond motifs is 1. The van der Waals surface area contributed by atoms with Crippen molar-refractivity contribution in [3.8, 4) is 10.6 Å². The molecule has 3 rings (SSSR count). The van der Waals surface area contributed by atoms with Gasteiger partial charge in [0.05, 0.1) is 10.6 Å². The second-order valence-electron chi connectivity index (χ2n) is 3.58. The van der Waals surface area contributed by atoms with E-state index >= 15 is 0 Å². The summed E-state index contributed by atoms with van der Waals surface area (Å²) in [6.45, 7) is 1.93. The topological polar surface area (TPSA) is 54.6 Å². The van der Waals surface area contributed by atoms with Crippen LogP contribution in [0.5, 0.6) is 0 Å². The van der Waals surface area contributed by atoms with Gasteiger partial charge < -0.3 is 5.11 Å². The molecule has 0 fully saturated rings. The monoisotopic (exact) mass is 264 g/mol. The minimum absolute atomic E-state index is 0.346. The van der Waals surface area contributed by atoms with Gasteiger partial charge in [0.25, 0.3) is 0 Å². The molecule has 0 atom stereocenters. The van der Waals surface area contributed by atoms with Crippen molar-refractivity contribution in [1.29, 1.82) is 0 Å². The van der Waals surface area contributed by atoms with Crippen LogP contribution in [-0.4, -0.2) is 20.5 Å². The first-order valence-corrected chi connectivity index (χ1v) is 6.62. The largest absolute Gasteiger partial charge is 0.477 e. The first-order valence-electron chi connectivity index (χ1n) is 4.92. The van der Waals surface area contributed by atoms with Crippen LogP contribution in [0.15, 0.2) is 23.7 Å². The van der Waals surface area contributed by atoms with Crippen LogP contribution in [0, 0.1) is 6.92 Å². The maximum Gasteiger partial charge on any atom is 0.348 e. The fourth-order valence-electron chi connectivity index (χ4n) is 1.78. The van der Waals surface area contributed by atoms with Gasteiger partial charge in [-0.25, -0.2) is 9.78 Å². The molecule has 0 aliphatic heterocycles. The molecule has 3 aromatic rings. The SMILES string of the molecule is Cc1cnc2sc(C(=O)O)c(-c3cccs3)n12. The standard InChI is InChI=1S/C11H8N2O2S2/c1-6-5-12-11-13(6)8(7-3-2-4-16-7)9(17-11)10(14)15/h2-5H,1H3,(H,14,15). The van der Waals surface area contributed by atoms with E-state index in [1.165, 1.54) is 22.7 Å². The van der Waals surface area contributed by atoms with Gasteiger partial charge in [-0.05, 0) is 18.4 Å². The highest BCUT2D eigenvalue weighted by molar-refractivity contribution is 7.20. The maximum atomic E-state index is 11.3. The number of hydrogen-bond donors (Lipinski definition) is 1. The van der Waals surface area contributed by atoms with Crippen LogP contribution in [0.1, 0.15) is 15.4 Å². The average molecular weight is 264 g/mol. The van der Waals surface area contributed by atoms with E-state index in [0.717, 1.165) is 21.2 Å². The van der Waals surface area contributed by atoms with Crippen molar-refractivity contribution in [2.45, 2.75) is 6.92 Å². The first kappa shape index (κ1) is 10.5. The molecule has 0 aliphatic rings. The predicted molar refractivity (Wildman–Crippen MR) is 68.1 cm³/mol. The second-order valence-corrected chi connectivity index (χ2v) is 5.51. The van der Waals surface area contributed by atoms with Crippen molar-refractivity contribution >= 4 is 33.6 Å². The summed E-state index contributed by atoms with van der Waals surface area (Å²) in [5, 5.41) is 11.2. The molecule has 0 aliphatic carbocycles. The number of carboxylic acid groups (broad SMARTS) is 1. The number of aromatic nitrogens is 2. The molecule has 6 heteroatoms. The number of imidazole rings is 1. The van der Waals surface area contributed by atoms with Gasteiger partial charge in [-0.15, -0.1) is 11.3 Å². The van der Waals surface area contributed by atoms with E-state index < -0.39 is 5.97 Å². The van der Waals surface area contributed by atoms with Crippen LogP contribution < -0.4 is 0 Å². The van der Waals surface area contributed by atoms with Crippen molar-refractivity contribution in [2.24, 2.45) is 0 Å². The molecule has 1 N–H and O–H groups in total. The number of hydrogen-bond acceptors (Lipinski definition) is 4. The molecular weight excluding hydrogens is 256 g/mol. The highest BCUT2D eigenvalue weighted by Gasteiger charge is 2.21. The maximum absolute atomic E-state index is 11.3. The molecule has 0 saturated carbocycles. The quantitative estimate of drug-likeness (QED) is 0.773. The molecule has 0 unspecified atom stereocenters. The van der Waals surface area contributed by atoms with Crippen LogP contribution in [0.4, 0.5) is 0 Å². The zero-order valence-corrected chi connectivity index (χ0v) is 10.5. The summed E-state index contributed by atoms with van der Waals surface area (Å²) in [4.78, 5) is 17.5. The highest BCUT2D eigenvalue weighted by Crippen LogP contribution is 2.35. The van der Waals surface area contributed by atoms with E-state index in [1.807, 2.05) is 28.8 Å². The highest BCUT2D eigenvalue weighted by atomic mass is 32.1. The summed E-state index contributed by atoms with van der Waals surface area (Å²) in [6, 6.07) is 3.85. The van der Waals surface area contributed by atoms with Crippen molar-refractivity contribution in [3.63, 3.8) is 0 Å². The number of nitrogens with zero attached hydrogens (tertiary/aromatic N) is 2. The fraction of sp³-hybridized carbons (Fsp3) is 0.0909. The molecular formula is C11H8N2O2S2. The molecule has 3 heterocycles. The molecule has 0 spiro atoms. The third-order valence-corrected chi connectivity index (χ3v) is 4.41. The number of carbonyl (C=O) groups is 1. The lowest BCUT2D eigenvalue weighted by atomic mass is 10.3. The summed E-state index contributed by atoms with van der Waals surface area (Å²) < 4.78 is 1.90. The van der Waals surface area contributed by atoms with E-state index in [2.05, 4.69) is 4.98 Å². The third kappa shape index (κ3) is 1.49. The molecule has 4 nitrogen and oxygen atoms in total. The molecule has 17 heavy (non-hydrogen) atoms. The van der Waals surface area contributed by atoms with Crippen molar-refractivity contribution in [1.82, 2.24) is 9.38 Å². The lowest BCUT2D eigenvalue weighted by molar-refractivity contribution is 0.0702. The Labute approximate surface area is 105 Å². The molecule has 0 saturated heterocycles. The van der Waals surface area contributed by atoms with Gasteiger partial charge in [-0.2, -0.15) is 0 Å². The Morgan fingerprint density at radius 1 is 1.53 bits per heavy atom. The van der Waals surface area contributed by atoms with E-state index in [4.69, 9.17) is 0 Å². The smallest absolute Gasteiger partial charge is 0.348 e. The minimum atomic E-state index is -0.900. The average Bonchev–Trinajstić information content (AvgIpc) is 2.95. The molecule has 3 aromatic heterocycles. The lowest BCUT2D eigenvalue weighted by Crippen LogP contribution is -1.97. The molecule has 0 radical (unpaired) electrons. The van der Waals surface area contributed by atoms with Crippen LogP contribution in [0.2, 0.25) is 0 Å². The molecule has 0 amide bonds. The molecule has 0 bridgehead atoms. The van der Waals surface area contributed by atoms with Crippen LogP contribution >= 0.6 is 22.7 Å². The lowest BCUT2D eigenvalue weighted by Gasteiger charge is -1.99. The number of thiazole rings is 1. The summed E-state index contributed by atoms with van der Waals surface area (Å²) in [7, 11) is 0. The Kier molecular flexibility index (Phi) is 2.27. The van der Waals surface area contributed by atoms with E-state index in [-0.39, 0.29) is 0 Å². The van der Waals surface area contributed by atoms with E-state index in [0.29, 0.717) is 4.88 Å². The van der Waals surface area contributed by atoms with Crippen molar-refractivity contribution < 1.29 is 9.90 Å². The number of aromatic carboxylic acids is 1. The Balaban J connectivity index is 2.42. The Morgan fingerprint density at radius 2 is 2.35 bits per heavy atom. The van der Waals surface area contributed by atoms with Gasteiger partial charge in [-0.3, -0.25) is 4.40 Å². The molecule has 86 valence electrons. The zero-order valence-electron chi connectivity index (χ0n) is 8.88. The normalized spacial score (nSPS) is 11.1. The van der Waals surface area contributed by atoms with Crippen LogP contribution in [0.3, 0.4) is 0 Å².